The van der Waals surface area contributed by atoms with Crippen LogP contribution in [0.3, 0.4) is 0 Å². The lowest BCUT2D eigenvalue weighted by Gasteiger charge is -2.03. The Bertz CT molecular complexity index is 932. The van der Waals surface area contributed by atoms with Gasteiger partial charge in [0.25, 0.3) is 5.56 Å². The van der Waals surface area contributed by atoms with E-state index < -0.39 is 17.3 Å². The van der Waals surface area contributed by atoms with Crippen molar-refractivity contribution >= 4 is 23.2 Å². The van der Waals surface area contributed by atoms with Crippen LogP contribution in [-0.4, -0.2) is 25.4 Å². The third-order valence-corrected chi connectivity index (χ3v) is 3.21. The number of H-pyrrole nitrogens is 1. The molecule has 6 nitrogen and oxygen atoms in total. The molecule has 0 amide bonds. The second-order valence-corrected chi connectivity index (χ2v) is 4.70. The van der Waals surface area contributed by atoms with Gasteiger partial charge in [-0.25, -0.2) is 14.2 Å². The highest BCUT2D eigenvalue weighted by atomic mass is 35.5. The summed E-state index contributed by atoms with van der Waals surface area (Å²) < 4.78 is 14.8. The topological polar surface area (TPSA) is 87.5 Å². The molecule has 106 valence electrons. The van der Waals surface area contributed by atoms with Crippen molar-refractivity contribution in [3.05, 3.63) is 57.5 Å². The summed E-state index contributed by atoms with van der Waals surface area (Å²) in [6.07, 6.45) is 2.67. The SMILES string of the molecule is O=C(O)c1cn2cc(-c3ccc(Cl)c(F)c3)[nH]c(=O)c2n1. The number of aromatic carboxylic acids is 1. The Morgan fingerprint density at radius 2 is 2.14 bits per heavy atom. The van der Waals surface area contributed by atoms with E-state index in [1.807, 2.05) is 0 Å². The molecule has 3 rings (SSSR count). The highest BCUT2D eigenvalue weighted by molar-refractivity contribution is 6.30. The summed E-state index contributed by atoms with van der Waals surface area (Å²) in [5, 5.41) is 8.85. The summed E-state index contributed by atoms with van der Waals surface area (Å²) in [5.74, 6) is -1.86. The van der Waals surface area contributed by atoms with E-state index in [0.29, 0.717) is 11.3 Å². The zero-order valence-electron chi connectivity index (χ0n) is 10.3. The second-order valence-electron chi connectivity index (χ2n) is 4.29. The minimum Gasteiger partial charge on any atom is -0.476 e. The van der Waals surface area contributed by atoms with Crippen molar-refractivity contribution in [1.29, 1.82) is 0 Å². The van der Waals surface area contributed by atoms with Crippen molar-refractivity contribution in [2.24, 2.45) is 0 Å². The molecular formula is C13H7ClFN3O3. The maximum atomic E-state index is 13.5. The number of carbonyl (C=O) groups is 1. The van der Waals surface area contributed by atoms with Crippen LogP contribution in [-0.2, 0) is 0 Å². The maximum Gasteiger partial charge on any atom is 0.356 e. The minimum atomic E-state index is -1.24. The molecule has 2 N–H and O–H groups in total. The first-order valence-corrected chi connectivity index (χ1v) is 6.14. The van der Waals surface area contributed by atoms with Gasteiger partial charge in [-0.3, -0.25) is 9.20 Å². The van der Waals surface area contributed by atoms with Gasteiger partial charge in [-0.15, -0.1) is 0 Å². The predicted molar refractivity (Wildman–Crippen MR) is 73.2 cm³/mol. The monoisotopic (exact) mass is 307 g/mol. The Hall–Kier alpha value is -2.67. The molecule has 2 heterocycles. The third-order valence-electron chi connectivity index (χ3n) is 2.90. The maximum absolute atomic E-state index is 13.5. The molecule has 1 aromatic carbocycles. The molecule has 2 aromatic heterocycles. The molecule has 0 bridgehead atoms. The molecule has 3 aromatic rings. The summed E-state index contributed by atoms with van der Waals surface area (Å²) in [5.41, 5.74) is -0.153. The first-order chi connectivity index (χ1) is 9.95. The summed E-state index contributed by atoms with van der Waals surface area (Å²) in [4.78, 5) is 29.0. The Kier molecular flexibility index (Phi) is 2.99. The molecule has 0 fully saturated rings. The molecule has 0 atom stereocenters. The van der Waals surface area contributed by atoms with Gasteiger partial charge < -0.3 is 10.1 Å². The Balaban J connectivity index is 2.22. The van der Waals surface area contributed by atoms with E-state index in [9.17, 15) is 14.0 Å². The average molecular weight is 308 g/mol. The van der Waals surface area contributed by atoms with Crippen molar-refractivity contribution in [3.63, 3.8) is 0 Å². The molecule has 21 heavy (non-hydrogen) atoms. The van der Waals surface area contributed by atoms with Gasteiger partial charge in [0.2, 0.25) is 5.65 Å². The van der Waals surface area contributed by atoms with Crippen LogP contribution in [0.25, 0.3) is 16.9 Å². The number of halogens is 2. The van der Waals surface area contributed by atoms with Gasteiger partial charge in [-0.2, -0.15) is 0 Å². The summed E-state index contributed by atoms with van der Waals surface area (Å²) in [6, 6.07) is 4.08. The van der Waals surface area contributed by atoms with Crippen LogP contribution in [0.4, 0.5) is 4.39 Å². The number of fused-ring (bicyclic) bond motifs is 1. The quantitative estimate of drug-likeness (QED) is 0.759. The van der Waals surface area contributed by atoms with Gasteiger partial charge in [-0.05, 0) is 12.1 Å². The number of nitrogens with one attached hydrogen (secondary N) is 1. The largest absolute Gasteiger partial charge is 0.476 e. The van der Waals surface area contributed by atoms with Crippen LogP contribution < -0.4 is 5.56 Å². The molecule has 0 saturated carbocycles. The fourth-order valence-electron chi connectivity index (χ4n) is 1.92. The van der Waals surface area contributed by atoms with E-state index in [1.165, 1.54) is 35.0 Å². The summed E-state index contributed by atoms with van der Waals surface area (Å²) >= 11 is 5.61. The van der Waals surface area contributed by atoms with Crippen molar-refractivity contribution in [2.45, 2.75) is 0 Å². The van der Waals surface area contributed by atoms with Crippen molar-refractivity contribution in [2.75, 3.05) is 0 Å². The standard InChI is InChI=1S/C13H7ClFN3O3/c14-7-2-1-6(3-8(7)15)9-4-18-5-10(13(20)21)16-11(18)12(19)17-9/h1-5H,(H,17,19)(H,20,21). The fourth-order valence-corrected chi connectivity index (χ4v) is 2.04. The molecule has 0 aliphatic heterocycles. The van der Waals surface area contributed by atoms with E-state index in [4.69, 9.17) is 16.7 Å². The minimum absolute atomic E-state index is 0.0297. The number of hydrogen-bond donors (Lipinski definition) is 2. The van der Waals surface area contributed by atoms with Crippen LogP contribution >= 0.6 is 11.6 Å². The molecule has 0 spiro atoms. The molecule has 0 radical (unpaired) electrons. The lowest BCUT2D eigenvalue weighted by atomic mass is 10.1. The number of aromatic nitrogens is 3. The molecule has 0 unspecified atom stereocenters. The fraction of sp³-hybridized carbons (Fsp3) is 0. The molecule has 0 aliphatic rings. The zero-order chi connectivity index (χ0) is 15.1. The highest BCUT2D eigenvalue weighted by Crippen LogP contribution is 2.22. The van der Waals surface area contributed by atoms with Crippen molar-refractivity contribution in [1.82, 2.24) is 14.4 Å². The van der Waals surface area contributed by atoms with E-state index in [0.717, 1.165) is 0 Å². The molecule has 0 aliphatic carbocycles. The van der Waals surface area contributed by atoms with Gasteiger partial charge in [0.1, 0.15) is 5.82 Å². The number of hydrogen-bond acceptors (Lipinski definition) is 3. The van der Waals surface area contributed by atoms with E-state index in [1.54, 1.807) is 0 Å². The number of carboxylic acids is 1. The van der Waals surface area contributed by atoms with Crippen LogP contribution in [0.5, 0.6) is 0 Å². The number of benzene rings is 1. The third kappa shape index (κ3) is 2.27. The van der Waals surface area contributed by atoms with Gasteiger partial charge in [0, 0.05) is 18.0 Å². The predicted octanol–water partition coefficient (Wildman–Crippen LogP) is 2.18. The Morgan fingerprint density at radius 1 is 1.38 bits per heavy atom. The lowest BCUT2D eigenvalue weighted by Crippen LogP contribution is -2.11. The number of imidazole rings is 1. The van der Waals surface area contributed by atoms with Gasteiger partial charge in [-0.1, -0.05) is 17.7 Å². The van der Waals surface area contributed by atoms with Gasteiger partial charge >= 0.3 is 5.97 Å². The normalized spacial score (nSPS) is 11.0. The number of carboxylic acid groups (broad SMARTS) is 1. The Morgan fingerprint density at radius 3 is 2.81 bits per heavy atom. The summed E-state index contributed by atoms with van der Waals surface area (Å²) in [6.45, 7) is 0. The van der Waals surface area contributed by atoms with E-state index in [2.05, 4.69) is 9.97 Å². The van der Waals surface area contributed by atoms with E-state index >= 15 is 0 Å². The Labute approximate surface area is 121 Å². The molecule has 8 heteroatoms. The van der Waals surface area contributed by atoms with Crippen LogP contribution in [0.15, 0.2) is 35.4 Å². The van der Waals surface area contributed by atoms with Gasteiger partial charge in [0.15, 0.2) is 5.69 Å². The molecule has 0 saturated heterocycles. The number of nitrogens with zero attached hydrogens (tertiary/aromatic N) is 2. The number of aromatic amines is 1. The van der Waals surface area contributed by atoms with Gasteiger partial charge in [0.05, 0.1) is 10.7 Å². The number of rotatable bonds is 2. The van der Waals surface area contributed by atoms with Crippen LogP contribution in [0, 0.1) is 5.82 Å². The van der Waals surface area contributed by atoms with Crippen LogP contribution in [0.2, 0.25) is 5.02 Å². The summed E-state index contributed by atoms with van der Waals surface area (Å²) in [7, 11) is 0. The lowest BCUT2D eigenvalue weighted by molar-refractivity contribution is 0.0691. The highest BCUT2D eigenvalue weighted by Gasteiger charge is 2.13. The van der Waals surface area contributed by atoms with Crippen molar-refractivity contribution in [3.8, 4) is 11.3 Å². The average Bonchev–Trinajstić information content (AvgIpc) is 2.86. The van der Waals surface area contributed by atoms with Crippen molar-refractivity contribution < 1.29 is 14.3 Å². The first kappa shape index (κ1) is 13.3. The second kappa shape index (κ2) is 4.71. The molecular weight excluding hydrogens is 301 g/mol. The smallest absolute Gasteiger partial charge is 0.356 e. The van der Waals surface area contributed by atoms with Crippen LogP contribution in [0.1, 0.15) is 10.5 Å². The zero-order valence-corrected chi connectivity index (χ0v) is 11.1. The van der Waals surface area contributed by atoms with E-state index in [-0.39, 0.29) is 16.4 Å². The first-order valence-electron chi connectivity index (χ1n) is 5.76.